The van der Waals surface area contributed by atoms with E-state index in [0.717, 1.165) is 25.1 Å². The maximum Gasteiger partial charge on any atom is 0.373 e. The van der Waals surface area contributed by atoms with Gasteiger partial charge in [0.1, 0.15) is 0 Å². The Bertz CT molecular complexity index is 196. The molecule has 0 aromatic carbocycles. The molecular formula is C10H23BN2O2. The standard InChI is InChI=1S/C10H23BN2O2/c1-8(2)5-10(6-9(3)13-15)7-12-11(4)14/h8,10,12,14-15H,5-7H2,1-4H3/b13-9+. The van der Waals surface area contributed by atoms with Crippen LogP contribution < -0.4 is 5.23 Å². The topological polar surface area (TPSA) is 64.8 Å². The van der Waals surface area contributed by atoms with Gasteiger partial charge in [-0.15, -0.1) is 0 Å². The van der Waals surface area contributed by atoms with Gasteiger partial charge in [-0.05, 0) is 45.0 Å². The predicted octanol–water partition coefficient (Wildman–Crippen LogP) is 1.59. The van der Waals surface area contributed by atoms with Crippen molar-refractivity contribution in [2.75, 3.05) is 6.54 Å². The lowest BCUT2D eigenvalue weighted by Crippen LogP contribution is -2.35. The van der Waals surface area contributed by atoms with Gasteiger partial charge in [0.05, 0.1) is 5.71 Å². The van der Waals surface area contributed by atoms with E-state index in [1.165, 1.54) is 0 Å². The molecule has 0 aromatic heterocycles. The zero-order chi connectivity index (χ0) is 11.8. The van der Waals surface area contributed by atoms with Crippen molar-refractivity contribution in [3.63, 3.8) is 0 Å². The zero-order valence-corrected chi connectivity index (χ0v) is 10.2. The molecule has 0 rings (SSSR count). The number of hydrogen-bond donors (Lipinski definition) is 3. The Morgan fingerprint density at radius 1 is 1.47 bits per heavy atom. The van der Waals surface area contributed by atoms with Gasteiger partial charge >= 0.3 is 7.05 Å². The number of nitrogens with zero attached hydrogens (tertiary/aromatic N) is 1. The summed E-state index contributed by atoms with van der Waals surface area (Å²) in [5, 5.41) is 23.9. The van der Waals surface area contributed by atoms with Gasteiger partial charge in [0.25, 0.3) is 0 Å². The number of rotatable bonds is 7. The second-order valence-corrected chi connectivity index (χ2v) is 4.62. The third-order valence-corrected chi connectivity index (χ3v) is 2.26. The van der Waals surface area contributed by atoms with Crippen LogP contribution in [0.4, 0.5) is 0 Å². The highest BCUT2D eigenvalue weighted by Crippen LogP contribution is 2.15. The molecule has 0 aliphatic heterocycles. The van der Waals surface area contributed by atoms with Crippen molar-refractivity contribution >= 4 is 12.8 Å². The molecule has 3 N–H and O–H groups in total. The molecule has 0 bridgehead atoms. The molecule has 4 nitrogen and oxygen atoms in total. The Hall–Kier alpha value is -0.545. The summed E-state index contributed by atoms with van der Waals surface area (Å²) in [7, 11) is -0.481. The fourth-order valence-electron chi connectivity index (χ4n) is 1.70. The van der Waals surface area contributed by atoms with Crippen LogP contribution in [0.3, 0.4) is 0 Å². The molecule has 1 atom stereocenters. The molecule has 0 aliphatic rings. The summed E-state index contributed by atoms with van der Waals surface area (Å²) >= 11 is 0. The summed E-state index contributed by atoms with van der Waals surface area (Å²) in [5.41, 5.74) is 0.744. The molecule has 0 heterocycles. The van der Waals surface area contributed by atoms with E-state index in [4.69, 9.17) is 10.2 Å². The van der Waals surface area contributed by atoms with E-state index in [1.807, 2.05) is 6.92 Å². The largest absolute Gasteiger partial charge is 0.437 e. The quantitative estimate of drug-likeness (QED) is 0.261. The SMILES string of the molecule is CB(O)NCC(C/C(C)=N/O)CC(C)C. The minimum Gasteiger partial charge on any atom is -0.437 e. The summed E-state index contributed by atoms with van der Waals surface area (Å²) in [4.78, 5) is 0. The third-order valence-electron chi connectivity index (χ3n) is 2.26. The first-order valence-corrected chi connectivity index (χ1v) is 5.54. The van der Waals surface area contributed by atoms with Crippen LogP contribution in [0.15, 0.2) is 5.16 Å². The average Bonchev–Trinajstić information content (AvgIpc) is 2.13. The first kappa shape index (κ1) is 14.5. The Kier molecular flexibility index (Phi) is 7.43. The van der Waals surface area contributed by atoms with Crippen LogP contribution in [0.5, 0.6) is 0 Å². The van der Waals surface area contributed by atoms with Crippen LogP contribution in [0.1, 0.15) is 33.6 Å². The van der Waals surface area contributed by atoms with Gasteiger partial charge in [-0.3, -0.25) is 0 Å². The number of hydrogen-bond acceptors (Lipinski definition) is 4. The zero-order valence-electron chi connectivity index (χ0n) is 10.2. The Morgan fingerprint density at radius 3 is 2.47 bits per heavy atom. The van der Waals surface area contributed by atoms with Gasteiger partial charge in [0, 0.05) is 0 Å². The summed E-state index contributed by atoms with van der Waals surface area (Å²) in [6.45, 7) is 8.61. The lowest BCUT2D eigenvalue weighted by atomic mass is 9.85. The lowest BCUT2D eigenvalue weighted by Gasteiger charge is -2.19. The average molecular weight is 214 g/mol. The predicted molar refractivity (Wildman–Crippen MR) is 64.3 cm³/mol. The van der Waals surface area contributed by atoms with E-state index >= 15 is 0 Å². The second-order valence-electron chi connectivity index (χ2n) is 4.62. The molecule has 0 amide bonds. The van der Waals surface area contributed by atoms with Gasteiger partial charge in [-0.25, -0.2) is 0 Å². The molecule has 0 spiro atoms. The smallest absolute Gasteiger partial charge is 0.373 e. The first-order chi connectivity index (χ1) is 6.95. The van der Waals surface area contributed by atoms with E-state index in [-0.39, 0.29) is 0 Å². The fraction of sp³-hybridized carbons (Fsp3) is 0.900. The Balaban J connectivity index is 4.06. The molecular weight excluding hydrogens is 191 g/mol. The van der Waals surface area contributed by atoms with Crippen LogP contribution in [-0.2, 0) is 0 Å². The van der Waals surface area contributed by atoms with E-state index in [1.54, 1.807) is 6.82 Å². The molecule has 1 unspecified atom stereocenters. The van der Waals surface area contributed by atoms with E-state index in [2.05, 4.69) is 24.2 Å². The maximum absolute atomic E-state index is 9.14. The molecule has 0 aromatic rings. The minimum atomic E-state index is -0.481. The summed E-state index contributed by atoms with van der Waals surface area (Å²) in [6, 6.07) is 0. The Morgan fingerprint density at radius 2 is 2.07 bits per heavy atom. The van der Waals surface area contributed by atoms with Gasteiger partial charge in [0.15, 0.2) is 0 Å². The van der Waals surface area contributed by atoms with Crippen LogP contribution in [-0.4, -0.2) is 29.5 Å². The van der Waals surface area contributed by atoms with Gasteiger partial charge in [-0.1, -0.05) is 19.0 Å². The second kappa shape index (κ2) is 7.71. The molecule has 88 valence electrons. The van der Waals surface area contributed by atoms with E-state index in [0.29, 0.717) is 11.8 Å². The Labute approximate surface area is 92.9 Å². The van der Waals surface area contributed by atoms with Crippen molar-refractivity contribution in [2.45, 2.75) is 40.4 Å². The highest BCUT2D eigenvalue weighted by atomic mass is 16.4. The number of nitrogens with one attached hydrogen (secondary N) is 1. The summed E-state index contributed by atoms with van der Waals surface area (Å²) < 4.78 is 0. The van der Waals surface area contributed by atoms with E-state index in [9.17, 15) is 0 Å². The third kappa shape index (κ3) is 8.45. The van der Waals surface area contributed by atoms with Crippen molar-refractivity contribution in [2.24, 2.45) is 17.0 Å². The van der Waals surface area contributed by atoms with E-state index < -0.39 is 7.05 Å². The van der Waals surface area contributed by atoms with Crippen molar-refractivity contribution in [3.8, 4) is 0 Å². The van der Waals surface area contributed by atoms with Gasteiger partial charge in [-0.2, -0.15) is 0 Å². The molecule has 15 heavy (non-hydrogen) atoms. The van der Waals surface area contributed by atoms with Gasteiger partial charge < -0.3 is 15.5 Å². The number of oxime groups is 1. The van der Waals surface area contributed by atoms with Crippen molar-refractivity contribution < 1.29 is 10.2 Å². The molecule has 5 heteroatoms. The first-order valence-electron chi connectivity index (χ1n) is 5.54. The van der Waals surface area contributed by atoms with Crippen LogP contribution in [0, 0.1) is 11.8 Å². The monoisotopic (exact) mass is 214 g/mol. The molecule has 0 fully saturated rings. The normalized spacial score (nSPS) is 14.4. The van der Waals surface area contributed by atoms with Crippen LogP contribution in [0.2, 0.25) is 6.82 Å². The highest BCUT2D eigenvalue weighted by molar-refractivity contribution is 6.45. The molecule has 0 radical (unpaired) electrons. The summed E-state index contributed by atoms with van der Waals surface area (Å²) in [6.07, 6.45) is 1.83. The van der Waals surface area contributed by atoms with Gasteiger partial charge in [0.2, 0.25) is 0 Å². The van der Waals surface area contributed by atoms with Crippen molar-refractivity contribution in [1.82, 2.24) is 5.23 Å². The molecule has 0 saturated carbocycles. The molecule has 0 aliphatic carbocycles. The highest BCUT2D eigenvalue weighted by Gasteiger charge is 2.14. The summed E-state index contributed by atoms with van der Waals surface area (Å²) in [5.74, 6) is 1.02. The lowest BCUT2D eigenvalue weighted by molar-refractivity contribution is 0.313. The fourth-order valence-corrected chi connectivity index (χ4v) is 1.70. The maximum atomic E-state index is 9.14. The molecule has 0 saturated heterocycles. The van der Waals surface area contributed by atoms with Crippen molar-refractivity contribution in [3.05, 3.63) is 0 Å². The van der Waals surface area contributed by atoms with Crippen LogP contribution in [0.25, 0.3) is 0 Å². The minimum absolute atomic E-state index is 0.412. The van der Waals surface area contributed by atoms with Crippen molar-refractivity contribution in [1.29, 1.82) is 0 Å². The van der Waals surface area contributed by atoms with Crippen LogP contribution >= 0.6 is 0 Å².